The number of aliphatic hydroxyl groups is 1. The van der Waals surface area contributed by atoms with Crippen molar-refractivity contribution >= 4 is 53.2 Å². The van der Waals surface area contributed by atoms with Gasteiger partial charge in [-0.2, -0.15) is 0 Å². The Kier molecular flexibility index (Phi) is 23.6. The maximum atomic E-state index is 15.3. The molecule has 4 N–H and O–H groups in total. The van der Waals surface area contributed by atoms with E-state index in [1.165, 1.54) is 61.6 Å². The minimum atomic E-state index is -1.97. The lowest BCUT2D eigenvalue weighted by molar-refractivity contribution is -0.177. The van der Waals surface area contributed by atoms with Gasteiger partial charge in [-0.15, -0.1) is 0 Å². The average Bonchev–Trinajstić information content (AvgIpc) is 3.89. The number of esters is 1. The number of rotatable bonds is 13. The zero-order valence-corrected chi connectivity index (χ0v) is 49.8. The minimum Gasteiger partial charge on any atom is -0.450 e. The van der Waals surface area contributed by atoms with Gasteiger partial charge < -0.3 is 50.3 Å². The van der Waals surface area contributed by atoms with Crippen molar-refractivity contribution in [3.63, 3.8) is 0 Å². The van der Waals surface area contributed by atoms with Gasteiger partial charge in [-0.1, -0.05) is 136 Å². The number of nitrogens with one attached hydrogen (secondary N) is 3. The third-order valence-corrected chi connectivity index (χ3v) is 15.8. The summed E-state index contributed by atoms with van der Waals surface area (Å²) in [6, 6.07) is 8.11. The topological polar surface area (TPSA) is 235 Å². The Morgan fingerprint density at radius 2 is 1.06 bits per heavy atom. The quantitative estimate of drug-likeness (QED) is 0.206. The van der Waals surface area contributed by atoms with Crippen LogP contribution < -0.4 is 16.0 Å². The first-order valence-corrected chi connectivity index (χ1v) is 28.3. The largest absolute Gasteiger partial charge is 0.450 e. The standard InChI is InChI=1S/C60H92N8O11/c1-17-38(9)46-57(75)65(14)47(36(5)6)52(70)61-42(32-35(3)4)55(73)67(16)50(60(11,12)78)59(77)79-49(39(10)18-2)58(76)66(15)48(37(7)8)53(71)62-43(33-40-26-21-19-22-27-40)54(72)64(13)45(34-41-28-23-20-24-29-41)56(74)68-31-25-30-44(68)51(69)63-46/h19-24,26-29,35-39,42-50,78H,17-18,25,30-34H2,1-16H3,(H,61,70)(H,62,71)(H,63,69)/t38?,39?,42-,43-,44-,45-,46-,47-,48-,49+,50+/m0/s1. The first kappa shape index (κ1) is 65.2. The predicted molar refractivity (Wildman–Crippen MR) is 301 cm³/mol. The lowest BCUT2D eigenvalue weighted by atomic mass is 9.93. The van der Waals surface area contributed by atoms with Crippen LogP contribution in [0.2, 0.25) is 0 Å². The average molecular weight is 1100 g/mol. The van der Waals surface area contributed by atoms with Crippen molar-refractivity contribution in [1.29, 1.82) is 0 Å². The van der Waals surface area contributed by atoms with Crippen LogP contribution in [0, 0.1) is 29.6 Å². The molecule has 8 amide bonds. The summed E-state index contributed by atoms with van der Waals surface area (Å²) in [5.74, 6) is -8.65. The van der Waals surface area contributed by atoms with Crippen molar-refractivity contribution in [2.45, 2.75) is 188 Å². The van der Waals surface area contributed by atoms with Crippen LogP contribution in [0.25, 0.3) is 0 Å². The van der Waals surface area contributed by atoms with E-state index in [4.69, 9.17) is 4.74 Å². The number of hydrogen-bond acceptors (Lipinski definition) is 11. The van der Waals surface area contributed by atoms with E-state index in [2.05, 4.69) is 16.0 Å². The van der Waals surface area contributed by atoms with Gasteiger partial charge in [0, 0.05) is 53.5 Å². The van der Waals surface area contributed by atoms with E-state index in [1.54, 1.807) is 72.7 Å². The van der Waals surface area contributed by atoms with E-state index >= 15 is 9.59 Å². The Labute approximate surface area is 469 Å². The molecule has 0 radical (unpaired) electrons. The van der Waals surface area contributed by atoms with E-state index in [0.29, 0.717) is 24.8 Å². The SMILES string of the molecule is CCC(C)[C@@H]1NC(=O)[C@@H]2CCCN2C(=O)[C@H](Cc2ccccc2)N(C)C(=O)[C@H](Cc2ccccc2)NC(=O)[C@H](C(C)C)N(C)C(=O)[C@@H](C(C)CC)OC(=O)[C@H](C(C)(C)O)N(C)C(=O)[C@H](CC(C)C)NC(=O)[C@H](C(C)C)N(C)C1=O. The second-order valence-corrected chi connectivity index (χ2v) is 23.7. The number of cyclic esters (lactones) is 1. The Balaban J connectivity index is 1.98. The van der Waals surface area contributed by atoms with Crippen LogP contribution in [0.1, 0.15) is 126 Å². The van der Waals surface area contributed by atoms with Crippen LogP contribution in [0.15, 0.2) is 60.7 Å². The number of carbonyl (C=O) groups excluding carboxylic acids is 9. The number of carbonyl (C=O) groups is 9. The third kappa shape index (κ3) is 16.4. The predicted octanol–water partition coefficient (Wildman–Crippen LogP) is 4.37. The molecule has 0 bridgehead atoms. The van der Waals surface area contributed by atoms with Gasteiger partial charge in [0.05, 0.1) is 5.60 Å². The molecular weight excluding hydrogens is 1010 g/mol. The maximum Gasteiger partial charge on any atom is 0.332 e. The van der Waals surface area contributed by atoms with Gasteiger partial charge >= 0.3 is 5.97 Å². The molecule has 19 heteroatoms. The molecule has 4 rings (SSSR count). The molecule has 2 heterocycles. The highest BCUT2D eigenvalue weighted by atomic mass is 16.6. The molecule has 438 valence electrons. The van der Waals surface area contributed by atoms with Crippen LogP contribution in [0.5, 0.6) is 0 Å². The molecule has 2 aromatic carbocycles. The number of likely N-dealkylation sites (N-methyl/N-ethyl adjacent to an activating group) is 4. The van der Waals surface area contributed by atoms with Gasteiger partial charge in [-0.05, 0) is 74.3 Å². The summed E-state index contributed by atoms with van der Waals surface area (Å²) in [5.41, 5.74) is -0.551. The summed E-state index contributed by atoms with van der Waals surface area (Å²) in [6.45, 7) is 20.6. The molecule has 0 aliphatic carbocycles. The fraction of sp³-hybridized carbons (Fsp3) is 0.650. The van der Waals surface area contributed by atoms with Gasteiger partial charge in [0.25, 0.3) is 5.91 Å². The zero-order valence-electron chi connectivity index (χ0n) is 49.8. The highest BCUT2D eigenvalue weighted by Crippen LogP contribution is 2.27. The summed E-state index contributed by atoms with van der Waals surface area (Å²) in [4.78, 5) is 140. The van der Waals surface area contributed by atoms with Gasteiger partial charge in [-0.25, -0.2) is 4.79 Å². The van der Waals surface area contributed by atoms with Crippen molar-refractivity contribution in [2.24, 2.45) is 29.6 Å². The summed E-state index contributed by atoms with van der Waals surface area (Å²) in [7, 11) is 5.67. The summed E-state index contributed by atoms with van der Waals surface area (Å²) >= 11 is 0. The lowest BCUT2D eigenvalue weighted by Gasteiger charge is -2.39. The van der Waals surface area contributed by atoms with Crippen molar-refractivity contribution in [2.75, 3.05) is 34.7 Å². The summed E-state index contributed by atoms with van der Waals surface area (Å²) < 4.78 is 6.09. The molecule has 79 heavy (non-hydrogen) atoms. The zero-order chi connectivity index (χ0) is 59.4. The molecule has 2 aromatic rings. The van der Waals surface area contributed by atoms with Crippen LogP contribution >= 0.6 is 0 Å². The van der Waals surface area contributed by atoms with Crippen molar-refractivity contribution in [3.05, 3.63) is 71.8 Å². The number of benzene rings is 2. The molecule has 0 saturated carbocycles. The molecule has 2 saturated heterocycles. The molecule has 2 unspecified atom stereocenters. The monoisotopic (exact) mass is 1100 g/mol. The fourth-order valence-electron chi connectivity index (χ4n) is 11.0. The number of nitrogens with zero attached hydrogens (tertiary/aromatic N) is 5. The Bertz CT molecular complexity index is 2430. The highest BCUT2D eigenvalue weighted by Gasteiger charge is 2.48. The van der Waals surface area contributed by atoms with Crippen molar-refractivity contribution in [3.8, 4) is 0 Å². The smallest absolute Gasteiger partial charge is 0.332 e. The van der Waals surface area contributed by atoms with Gasteiger partial charge in [-0.3, -0.25) is 38.4 Å². The number of amides is 8. The fourth-order valence-corrected chi connectivity index (χ4v) is 11.0. The Hall–Kier alpha value is -6.37. The highest BCUT2D eigenvalue weighted by molar-refractivity contribution is 5.99. The number of ether oxygens (including phenoxy) is 1. The first-order valence-electron chi connectivity index (χ1n) is 28.3. The molecule has 2 aliphatic heterocycles. The van der Waals surface area contributed by atoms with Gasteiger partial charge in [0.1, 0.15) is 42.3 Å². The van der Waals surface area contributed by atoms with E-state index in [9.17, 15) is 38.7 Å². The number of hydrogen-bond donors (Lipinski definition) is 4. The van der Waals surface area contributed by atoms with E-state index < -0.39 is 137 Å². The van der Waals surface area contributed by atoms with Crippen LogP contribution in [0.3, 0.4) is 0 Å². The van der Waals surface area contributed by atoms with Crippen LogP contribution in [-0.2, 0) is 60.7 Å². The summed E-state index contributed by atoms with van der Waals surface area (Å²) in [6.07, 6.45) is 0.101. The van der Waals surface area contributed by atoms with E-state index in [1.807, 2.05) is 57.2 Å². The molecule has 2 aliphatic rings. The molecular formula is C60H92N8O11. The Morgan fingerprint density at radius 3 is 1.54 bits per heavy atom. The second kappa shape index (κ2) is 28.7. The van der Waals surface area contributed by atoms with Crippen LogP contribution in [0.4, 0.5) is 0 Å². The third-order valence-electron chi connectivity index (χ3n) is 15.8. The van der Waals surface area contributed by atoms with Crippen molar-refractivity contribution in [1.82, 2.24) is 40.4 Å². The van der Waals surface area contributed by atoms with Crippen LogP contribution in [-0.4, -0.2) is 178 Å². The van der Waals surface area contributed by atoms with E-state index in [-0.39, 0.29) is 38.1 Å². The molecule has 19 nitrogen and oxygen atoms in total. The van der Waals surface area contributed by atoms with E-state index in [0.717, 1.165) is 10.5 Å². The van der Waals surface area contributed by atoms with Gasteiger partial charge in [0.2, 0.25) is 41.4 Å². The normalized spacial score (nSPS) is 26.5. The Morgan fingerprint density at radius 1 is 0.582 bits per heavy atom. The maximum absolute atomic E-state index is 15.3. The van der Waals surface area contributed by atoms with Crippen molar-refractivity contribution < 1.29 is 53.0 Å². The lowest BCUT2D eigenvalue weighted by Crippen LogP contribution is -2.63. The first-order chi connectivity index (χ1) is 37.0. The molecule has 11 atom stereocenters. The molecule has 2 fully saturated rings. The summed E-state index contributed by atoms with van der Waals surface area (Å²) in [5, 5.41) is 20.5. The molecule has 0 spiro atoms. The minimum absolute atomic E-state index is 0.00676. The number of fused-ring (bicyclic) bond motifs is 1. The molecule has 0 aromatic heterocycles. The second-order valence-electron chi connectivity index (χ2n) is 23.7. The van der Waals surface area contributed by atoms with Gasteiger partial charge in [0.15, 0.2) is 12.1 Å².